The maximum absolute atomic E-state index is 10.0. The molecule has 4 nitrogen and oxygen atoms in total. The van der Waals surface area contributed by atoms with E-state index in [4.69, 9.17) is 0 Å². The van der Waals surface area contributed by atoms with Gasteiger partial charge in [-0.25, -0.2) is 0 Å². The normalized spacial score (nSPS) is 13.4. The van der Waals surface area contributed by atoms with Gasteiger partial charge in [0.05, 0.1) is 5.69 Å². The van der Waals surface area contributed by atoms with Crippen LogP contribution in [0, 0.1) is 6.92 Å². The third-order valence-electron chi connectivity index (χ3n) is 4.37. The molecule has 0 atom stereocenters. The molecule has 0 bridgehead atoms. The van der Waals surface area contributed by atoms with Gasteiger partial charge >= 0.3 is 0 Å². The van der Waals surface area contributed by atoms with Crippen molar-refractivity contribution in [2.75, 3.05) is 0 Å². The van der Waals surface area contributed by atoms with Crippen molar-refractivity contribution in [1.29, 1.82) is 0 Å². The van der Waals surface area contributed by atoms with E-state index in [0.29, 0.717) is 0 Å². The summed E-state index contributed by atoms with van der Waals surface area (Å²) in [5.74, 6) is 0.520. The molecule has 4 rings (SSSR count). The Kier molecular flexibility index (Phi) is 2.98. The average molecular weight is 304 g/mol. The van der Waals surface area contributed by atoms with Crippen molar-refractivity contribution in [3.63, 3.8) is 0 Å². The van der Waals surface area contributed by atoms with Crippen molar-refractivity contribution in [2.45, 2.75) is 13.3 Å². The number of nitrogens with zero attached hydrogens (tertiary/aromatic N) is 1. The van der Waals surface area contributed by atoms with Gasteiger partial charge in [0, 0.05) is 11.8 Å². The van der Waals surface area contributed by atoms with Gasteiger partial charge in [-0.15, -0.1) is 0 Å². The topological polar surface area (TPSA) is 69.1 Å². The van der Waals surface area contributed by atoms with Gasteiger partial charge in [-0.2, -0.15) is 5.10 Å². The highest BCUT2D eigenvalue weighted by molar-refractivity contribution is 6.03. The van der Waals surface area contributed by atoms with Crippen LogP contribution >= 0.6 is 0 Å². The highest BCUT2D eigenvalue weighted by atomic mass is 16.3. The molecular formula is C19H16N2O2. The van der Waals surface area contributed by atoms with E-state index in [0.717, 1.165) is 40.0 Å². The fourth-order valence-corrected chi connectivity index (χ4v) is 3.30. The second kappa shape index (κ2) is 5.02. The minimum Gasteiger partial charge on any atom is -0.508 e. The van der Waals surface area contributed by atoms with Gasteiger partial charge in [0.25, 0.3) is 0 Å². The number of hydrogen-bond acceptors (Lipinski definition) is 3. The number of H-pyrrole nitrogens is 1. The number of rotatable bonds is 2. The minimum atomic E-state index is 0.252. The van der Waals surface area contributed by atoms with E-state index >= 15 is 0 Å². The fraction of sp³-hybridized carbons (Fsp3) is 0.105. The molecule has 2 aromatic carbocycles. The van der Waals surface area contributed by atoms with Crippen LogP contribution in [0.2, 0.25) is 0 Å². The standard InChI is InChI=1S/C19H16N2O2/c1-11-8-14(23)9-17-15(11)10-16(12-2-4-13(22)5-3-12)19(17)18-6-7-20-21-18/h2-9,22-23H,10H2,1H3,(H,20,21). The lowest BCUT2D eigenvalue weighted by atomic mass is 9.98. The summed E-state index contributed by atoms with van der Waals surface area (Å²) in [5, 5.41) is 26.6. The van der Waals surface area contributed by atoms with Crippen molar-refractivity contribution in [2.24, 2.45) is 0 Å². The molecule has 4 heteroatoms. The number of aromatic nitrogens is 2. The Morgan fingerprint density at radius 2 is 1.78 bits per heavy atom. The zero-order valence-corrected chi connectivity index (χ0v) is 12.7. The molecule has 1 heterocycles. The first kappa shape index (κ1) is 13.6. The molecule has 114 valence electrons. The lowest BCUT2D eigenvalue weighted by molar-refractivity contribution is 0.474. The number of aryl methyl sites for hydroxylation is 1. The van der Waals surface area contributed by atoms with Crippen LogP contribution < -0.4 is 0 Å². The first-order valence-electron chi connectivity index (χ1n) is 7.48. The first-order valence-corrected chi connectivity index (χ1v) is 7.48. The fourth-order valence-electron chi connectivity index (χ4n) is 3.30. The lowest BCUT2D eigenvalue weighted by Gasteiger charge is -2.08. The third kappa shape index (κ3) is 2.19. The highest BCUT2D eigenvalue weighted by Crippen LogP contribution is 2.44. The summed E-state index contributed by atoms with van der Waals surface area (Å²) >= 11 is 0. The van der Waals surface area contributed by atoms with E-state index in [9.17, 15) is 10.2 Å². The number of fused-ring (bicyclic) bond motifs is 1. The number of phenols is 2. The van der Waals surface area contributed by atoms with Gasteiger partial charge in [0.2, 0.25) is 0 Å². The Morgan fingerprint density at radius 1 is 1.00 bits per heavy atom. The molecule has 0 saturated carbocycles. The van der Waals surface area contributed by atoms with Gasteiger partial charge in [-0.3, -0.25) is 5.10 Å². The number of aromatic amines is 1. The molecule has 0 aliphatic heterocycles. The molecule has 1 aliphatic carbocycles. The maximum Gasteiger partial charge on any atom is 0.116 e. The lowest BCUT2D eigenvalue weighted by Crippen LogP contribution is -1.91. The van der Waals surface area contributed by atoms with E-state index in [1.807, 2.05) is 31.2 Å². The van der Waals surface area contributed by atoms with E-state index in [-0.39, 0.29) is 11.5 Å². The van der Waals surface area contributed by atoms with Crippen LogP contribution in [0.5, 0.6) is 11.5 Å². The molecular weight excluding hydrogens is 288 g/mol. The summed E-state index contributed by atoms with van der Waals surface area (Å²) in [5.41, 5.74) is 7.54. The van der Waals surface area contributed by atoms with Crippen LogP contribution in [0.25, 0.3) is 11.1 Å². The number of aromatic hydroxyl groups is 2. The van der Waals surface area contributed by atoms with E-state index in [1.54, 1.807) is 24.4 Å². The molecule has 3 N–H and O–H groups in total. The minimum absolute atomic E-state index is 0.252. The number of phenolic OH excluding ortho intramolecular Hbond substituents is 2. The maximum atomic E-state index is 10.0. The number of allylic oxidation sites excluding steroid dienone is 1. The molecule has 0 amide bonds. The van der Waals surface area contributed by atoms with Crippen molar-refractivity contribution in [1.82, 2.24) is 10.2 Å². The second-order valence-electron chi connectivity index (χ2n) is 5.84. The Bertz CT molecular complexity index is 907. The largest absolute Gasteiger partial charge is 0.508 e. The summed E-state index contributed by atoms with van der Waals surface area (Å²) in [6.07, 6.45) is 2.52. The van der Waals surface area contributed by atoms with Crippen LogP contribution in [-0.2, 0) is 6.42 Å². The summed E-state index contributed by atoms with van der Waals surface area (Å²) in [6.45, 7) is 2.02. The van der Waals surface area contributed by atoms with Crippen LogP contribution in [0.4, 0.5) is 0 Å². The molecule has 0 unspecified atom stereocenters. The van der Waals surface area contributed by atoms with Gasteiger partial charge in [-0.05, 0) is 71.5 Å². The summed E-state index contributed by atoms with van der Waals surface area (Å²) in [7, 11) is 0. The van der Waals surface area contributed by atoms with E-state index in [1.165, 1.54) is 5.56 Å². The molecule has 23 heavy (non-hydrogen) atoms. The Hall–Kier alpha value is -3.01. The van der Waals surface area contributed by atoms with Crippen LogP contribution in [-0.4, -0.2) is 20.4 Å². The van der Waals surface area contributed by atoms with Crippen LogP contribution in [0.3, 0.4) is 0 Å². The van der Waals surface area contributed by atoms with Crippen molar-refractivity contribution in [3.8, 4) is 11.5 Å². The zero-order valence-electron chi connectivity index (χ0n) is 12.7. The molecule has 0 spiro atoms. The van der Waals surface area contributed by atoms with E-state index in [2.05, 4.69) is 10.2 Å². The molecule has 0 saturated heterocycles. The van der Waals surface area contributed by atoms with E-state index < -0.39 is 0 Å². The molecule has 3 aromatic rings. The molecule has 1 aliphatic rings. The van der Waals surface area contributed by atoms with Crippen LogP contribution in [0.1, 0.15) is 27.9 Å². The predicted molar refractivity (Wildman–Crippen MR) is 89.2 cm³/mol. The van der Waals surface area contributed by atoms with Crippen LogP contribution in [0.15, 0.2) is 48.7 Å². The monoisotopic (exact) mass is 304 g/mol. The van der Waals surface area contributed by atoms with Gasteiger partial charge in [0.15, 0.2) is 0 Å². The Balaban J connectivity index is 1.98. The quantitative estimate of drug-likeness (QED) is 0.677. The van der Waals surface area contributed by atoms with Gasteiger partial charge < -0.3 is 10.2 Å². The Morgan fingerprint density at radius 3 is 2.48 bits per heavy atom. The van der Waals surface area contributed by atoms with Gasteiger partial charge in [-0.1, -0.05) is 12.1 Å². The Labute approximate surface area is 133 Å². The number of benzene rings is 2. The zero-order chi connectivity index (χ0) is 16.0. The number of hydrogen-bond donors (Lipinski definition) is 3. The smallest absolute Gasteiger partial charge is 0.116 e. The van der Waals surface area contributed by atoms with Gasteiger partial charge in [0.1, 0.15) is 11.5 Å². The number of nitrogens with one attached hydrogen (secondary N) is 1. The molecule has 0 fully saturated rings. The summed E-state index contributed by atoms with van der Waals surface area (Å²) in [4.78, 5) is 0. The van der Waals surface area contributed by atoms with Crippen molar-refractivity contribution in [3.05, 3.63) is 76.6 Å². The molecule has 0 radical (unpaired) electrons. The SMILES string of the molecule is Cc1cc(O)cc2c1CC(c1ccc(O)cc1)=C2c1ccn[nH]1. The first-order chi connectivity index (χ1) is 11.1. The average Bonchev–Trinajstić information content (AvgIpc) is 3.14. The summed E-state index contributed by atoms with van der Waals surface area (Å²) in [6, 6.07) is 12.8. The molecule has 1 aromatic heterocycles. The summed E-state index contributed by atoms with van der Waals surface area (Å²) < 4.78 is 0. The second-order valence-corrected chi connectivity index (χ2v) is 5.84. The van der Waals surface area contributed by atoms with Crippen molar-refractivity contribution >= 4 is 11.1 Å². The third-order valence-corrected chi connectivity index (χ3v) is 4.37. The van der Waals surface area contributed by atoms with Crippen molar-refractivity contribution < 1.29 is 10.2 Å². The highest BCUT2D eigenvalue weighted by Gasteiger charge is 2.26. The predicted octanol–water partition coefficient (Wildman–Crippen LogP) is 3.64.